The van der Waals surface area contributed by atoms with Crippen LogP contribution in [-0.4, -0.2) is 22.4 Å². The molecule has 0 radical (unpaired) electrons. The van der Waals surface area contributed by atoms with E-state index in [1.165, 1.54) is 0 Å². The lowest BCUT2D eigenvalue weighted by atomic mass is 9.97. The van der Waals surface area contributed by atoms with Gasteiger partial charge in [-0.05, 0) is 38.5 Å². The van der Waals surface area contributed by atoms with E-state index < -0.39 is 0 Å². The van der Waals surface area contributed by atoms with Crippen molar-refractivity contribution in [1.29, 1.82) is 0 Å². The highest BCUT2D eigenvalue weighted by atomic mass is 16.3. The van der Waals surface area contributed by atoms with Crippen LogP contribution >= 0.6 is 0 Å². The molecule has 0 aliphatic rings. The molecule has 3 unspecified atom stereocenters. The molecular formula is C10H22O2. The van der Waals surface area contributed by atoms with Crippen molar-refractivity contribution in [3.05, 3.63) is 0 Å². The van der Waals surface area contributed by atoms with Crippen molar-refractivity contribution >= 4 is 0 Å². The van der Waals surface area contributed by atoms with Crippen LogP contribution < -0.4 is 0 Å². The van der Waals surface area contributed by atoms with Crippen LogP contribution in [0.4, 0.5) is 0 Å². The van der Waals surface area contributed by atoms with E-state index in [0.717, 1.165) is 25.7 Å². The molecule has 12 heavy (non-hydrogen) atoms. The third kappa shape index (κ3) is 6.62. The minimum absolute atomic E-state index is 0.151. The average molecular weight is 174 g/mol. The Bertz CT molecular complexity index is 102. The van der Waals surface area contributed by atoms with E-state index in [9.17, 15) is 5.11 Å². The first-order valence-corrected chi connectivity index (χ1v) is 4.92. The highest BCUT2D eigenvalue weighted by Gasteiger charge is 2.08. The van der Waals surface area contributed by atoms with Crippen LogP contribution in [0.1, 0.15) is 46.5 Å². The average Bonchev–Trinajstić information content (AvgIpc) is 1.99. The molecule has 2 nitrogen and oxygen atoms in total. The Morgan fingerprint density at radius 3 is 2.08 bits per heavy atom. The largest absolute Gasteiger partial charge is 0.393 e. The standard InChI is InChI=1S/C10H22O2/c1-4-10(12)6-5-8(2)7-9(3)11/h8-12H,4-7H2,1-3H3. The van der Waals surface area contributed by atoms with Gasteiger partial charge in [-0.15, -0.1) is 0 Å². The van der Waals surface area contributed by atoms with Crippen molar-refractivity contribution in [2.75, 3.05) is 0 Å². The Hall–Kier alpha value is -0.0800. The van der Waals surface area contributed by atoms with Gasteiger partial charge in [0, 0.05) is 0 Å². The zero-order chi connectivity index (χ0) is 9.56. The highest BCUT2D eigenvalue weighted by molar-refractivity contribution is 4.60. The van der Waals surface area contributed by atoms with Crippen LogP contribution in [0.2, 0.25) is 0 Å². The lowest BCUT2D eigenvalue weighted by Gasteiger charge is -2.14. The predicted octanol–water partition coefficient (Wildman–Crippen LogP) is 1.94. The first kappa shape index (κ1) is 11.9. The number of rotatable bonds is 6. The van der Waals surface area contributed by atoms with E-state index in [0.29, 0.717) is 5.92 Å². The second-order valence-corrected chi connectivity index (χ2v) is 3.83. The lowest BCUT2D eigenvalue weighted by molar-refractivity contribution is 0.133. The zero-order valence-corrected chi connectivity index (χ0v) is 8.45. The van der Waals surface area contributed by atoms with Crippen molar-refractivity contribution in [2.24, 2.45) is 5.92 Å². The van der Waals surface area contributed by atoms with E-state index in [1.54, 1.807) is 0 Å². The summed E-state index contributed by atoms with van der Waals surface area (Å²) in [5.41, 5.74) is 0. The Labute approximate surface area is 75.6 Å². The second-order valence-electron chi connectivity index (χ2n) is 3.83. The molecule has 0 heterocycles. The number of hydrogen-bond donors (Lipinski definition) is 2. The molecular weight excluding hydrogens is 152 g/mol. The molecule has 3 atom stereocenters. The van der Waals surface area contributed by atoms with Crippen LogP contribution in [0.5, 0.6) is 0 Å². The van der Waals surface area contributed by atoms with Gasteiger partial charge in [0.15, 0.2) is 0 Å². The predicted molar refractivity (Wildman–Crippen MR) is 51.0 cm³/mol. The van der Waals surface area contributed by atoms with Crippen LogP contribution in [0.3, 0.4) is 0 Å². The summed E-state index contributed by atoms with van der Waals surface area (Å²) in [5.74, 6) is 0.520. The third-order valence-corrected chi connectivity index (χ3v) is 2.21. The van der Waals surface area contributed by atoms with Gasteiger partial charge in [0.1, 0.15) is 0 Å². The summed E-state index contributed by atoms with van der Waals surface area (Å²) in [5, 5.41) is 18.4. The van der Waals surface area contributed by atoms with Crippen molar-refractivity contribution in [1.82, 2.24) is 0 Å². The van der Waals surface area contributed by atoms with Crippen molar-refractivity contribution in [2.45, 2.75) is 58.7 Å². The van der Waals surface area contributed by atoms with Gasteiger partial charge in [-0.3, -0.25) is 0 Å². The molecule has 0 saturated carbocycles. The monoisotopic (exact) mass is 174 g/mol. The first-order valence-electron chi connectivity index (χ1n) is 4.92. The summed E-state index contributed by atoms with van der Waals surface area (Å²) in [6.45, 7) is 5.92. The maximum atomic E-state index is 9.28. The summed E-state index contributed by atoms with van der Waals surface area (Å²) in [4.78, 5) is 0. The molecule has 0 aromatic carbocycles. The quantitative estimate of drug-likeness (QED) is 0.646. The smallest absolute Gasteiger partial charge is 0.0537 e. The normalized spacial score (nSPS) is 18.8. The van der Waals surface area contributed by atoms with Gasteiger partial charge in [0.2, 0.25) is 0 Å². The van der Waals surface area contributed by atoms with Crippen molar-refractivity contribution < 1.29 is 10.2 Å². The maximum absolute atomic E-state index is 9.28. The fraction of sp³-hybridized carbons (Fsp3) is 1.00. The Balaban J connectivity index is 3.36. The summed E-state index contributed by atoms with van der Waals surface area (Å²) in [6, 6.07) is 0. The molecule has 0 spiro atoms. The van der Waals surface area contributed by atoms with E-state index in [1.807, 2.05) is 13.8 Å². The topological polar surface area (TPSA) is 40.5 Å². The molecule has 0 aromatic rings. The van der Waals surface area contributed by atoms with Gasteiger partial charge in [-0.1, -0.05) is 13.8 Å². The maximum Gasteiger partial charge on any atom is 0.0537 e. The highest BCUT2D eigenvalue weighted by Crippen LogP contribution is 2.14. The minimum Gasteiger partial charge on any atom is -0.393 e. The van der Waals surface area contributed by atoms with Crippen molar-refractivity contribution in [3.8, 4) is 0 Å². The van der Waals surface area contributed by atoms with E-state index in [2.05, 4.69) is 6.92 Å². The van der Waals surface area contributed by atoms with Gasteiger partial charge in [-0.2, -0.15) is 0 Å². The Morgan fingerprint density at radius 1 is 1.08 bits per heavy atom. The molecule has 74 valence electrons. The second kappa shape index (κ2) is 6.44. The van der Waals surface area contributed by atoms with Crippen LogP contribution in [-0.2, 0) is 0 Å². The molecule has 0 saturated heterocycles. The SMILES string of the molecule is CCC(O)CCC(C)CC(C)O. The molecule has 2 heteroatoms. The Morgan fingerprint density at radius 2 is 1.67 bits per heavy atom. The van der Waals surface area contributed by atoms with E-state index in [4.69, 9.17) is 5.11 Å². The third-order valence-electron chi connectivity index (χ3n) is 2.21. The molecule has 0 aromatic heterocycles. The fourth-order valence-electron chi connectivity index (χ4n) is 1.38. The minimum atomic E-state index is -0.209. The Kier molecular flexibility index (Phi) is 6.39. The summed E-state index contributed by atoms with van der Waals surface area (Å²) in [6.07, 6.45) is 3.20. The van der Waals surface area contributed by atoms with E-state index in [-0.39, 0.29) is 12.2 Å². The lowest BCUT2D eigenvalue weighted by Crippen LogP contribution is -2.11. The summed E-state index contributed by atoms with van der Waals surface area (Å²) in [7, 11) is 0. The van der Waals surface area contributed by atoms with Crippen LogP contribution in [0, 0.1) is 5.92 Å². The first-order chi connectivity index (χ1) is 5.56. The van der Waals surface area contributed by atoms with E-state index >= 15 is 0 Å². The van der Waals surface area contributed by atoms with Gasteiger partial charge >= 0.3 is 0 Å². The molecule has 2 N–H and O–H groups in total. The molecule has 0 fully saturated rings. The van der Waals surface area contributed by atoms with Gasteiger partial charge < -0.3 is 10.2 Å². The zero-order valence-electron chi connectivity index (χ0n) is 8.45. The fourth-order valence-corrected chi connectivity index (χ4v) is 1.38. The molecule has 0 aliphatic carbocycles. The number of aliphatic hydroxyl groups is 2. The molecule has 0 bridgehead atoms. The van der Waals surface area contributed by atoms with Crippen LogP contribution in [0.25, 0.3) is 0 Å². The van der Waals surface area contributed by atoms with Crippen molar-refractivity contribution in [3.63, 3.8) is 0 Å². The molecule has 0 aliphatic heterocycles. The number of hydrogen-bond acceptors (Lipinski definition) is 2. The molecule has 0 amide bonds. The summed E-state index contributed by atoms with van der Waals surface area (Å²) < 4.78 is 0. The number of aliphatic hydroxyl groups excluding tert-OH is 2. The van der Waals surface area contributed by atoms with Crippen LogP contribution in [0.15, 0.2) is 0 Å². The van der Waals surface area contributed by atoms with Gasteiger partial charge in [0.05, 0.1) is 12.2 Å². The summed E-state index contributed by atoms with van der Waals surface area (Å²) >= 11 is 0. The molecule has 0 rings (SSSR count). The van der Waals surface area contributed by atoms with Gasteiger partial charge in [0.25, 0.3) is 0 Å². The van der Waals surface area contributed by atoms with Gasteiger partial charge in [-0.25, -0.2) is 0 Å².